The van der Waals surface area contributed by atoms with Crippen LogP contribution in [0.25, 0.3) is 0 Å². The first-order valence-electron chi connectivity index (χ1n) is 4.66. The van der Waals surface area contributed by atoms with E-state index in [9.17, 15) is 14.7 Å². The highest BCUT2D eigenvalue weighted by molar-refractivity contribution is 5.86. The first-order chi connectivity index (χ1) is 6.78. The third-order valence-corrected chi connectivity index (χ3v) is 1.80. The molecule has 0 saturated carbocycles. The summed E-state index contributed by atoms with van der Waals surface area (Å²) in [5, 5.41) is 22.9. The molecular formula is C9H18N2O4. The molecule has 0 heterocycles. The van der Waals surface area contributed by atoms with Crippen LogP contribution in [0.4, 0.5) is 0 Å². The van der Waals surface area contributed by atoms with Crippen LogP contribution in [-0.2, 0) is 9.59 Å². The molecule has 0 aromatic carbocycles. The Kier molecular flexibility index (Phi) is 5.24. The predicted octanol–water partition coefficient (Wildman–Crippen LogP) is -1.63. The summed E-state index contributed by atoms with van der Waals surface area (Å²) in [4.78, 5) is 22.0. The van der Waals surface area contributed by atoms with Gasteiger partial charge in [0.15, 0.2) is 0 Å². The van der Waals surface area contributed by atoms with Crippen molar-refractivity contribution in [2.75, 3.05) is 13.2 Å². The average Bonchev–Trinajstić information content (AvgIpc) is 2.13. The zero-order chi connectivity index (χ0) is 12.1. The zero-order valence-electron chi connectivity index (χ0n) is 9.20. The maximum atomic E-state index is 11.3. The molecule has 0 aliphatic rings. The Morgan fingerprint density at radius 2 is 2.00 bits per heavy atom. The fourth-order valence-corrected chi connectivity index (χ4v) is 0.857. The van der Waals surface area contributed by atoms with Gasteiger partial charge in [0.2, 0.25) is 11.8 Å². The molecule has 6 heteroatoms. The molecule has 2 atom stereocenters. The van der Waals surface area contributed by atoms with Crippen LogP contribution >= 0.6 is 0 Å². The molecule has 0 rings (SSSR count). The van der Waals surface area contributed by atoms with Crippen molar-refractivity contribution in [1.82, 2.24) is 10.6 Å². The highest BCUT2D eigenvalue weighted by Crippen LogP contribution is 1.98. The molecule has 88 valence electrons. The van der Waals surface area contributed by atoms with Crippen LogP contribution in [0, 0.1) is 0 Å². The van der Waals surface area contributed by atoms with Gasteiger partial charge in [0.25, 0.3) is 0 Å². The van der Waals surface area contributed by atoms with Crippen LogP contribution in [0.3, 0.4) is 0 Å². The summed E-state index contributed by atoms with van der Waals surface area (Å²) in [5.74, 6) is -0.703. The first kappa shape index (κ1) is 13.9. The van der Waals surface area contributed by atoms with E-state index in [2.05, 4.69) is 10.6 Å². The Balaban J connectivity index is 3.98. The first-order valence-corrected chi connectivity index (χ1v) is 4.66. The minimum Gasteiger partial charge on any atom is -0.393 e. The van der Waals surface area contributed by atoms with E-state index in [1.165, 1.54) is 20.8 Å². The van der Waals surface area contributed by atoms with Gasteiger partial charge < -0.3 is 20.8 Å². The van der Waals surface area contributed by atoms with E-state index in [0.29, 0.717) is 0 Å². The van der Waals surface area contributed by atoms with Gasteiger partial charge in [-0.3, -0.25) is 9.59 Å². The minimum absolute atomic E-state index is 0.0632. The Morgan fingerprint density at radius 1 is 1.47 bits per heavy atom. The van der Waals surface area contributed by atoms with Gasteiger partial charge in [-0.1, -0.05) is 0 Å². The van der Waals surface area contributed by atoms with Crippen molar-refractivity contribution in [2.45, 2.75) is 32.4 Å². The molecule has 2 amide bonds. The standard InChI is InChI=1S/C9H18N2O4/c1-6(11-7(2)13)8(14)10-4-9(3,15)5-12/h6,12,15H,4-5H2,1-3H3,(H,10,14)(H,11,13). The van der Waals surface area contributed by atoms with Crippen LogP contribution in [0.1, 0.15) is 20.8 Å². The number of hydrogen-bond donors (Lipinski definition) is 4. The number of carbonyl (C=O) groups excluding carboxylic acids is 2. The van der Waals surface area contributed by atoms with Crippen molar-refractivity contribution in [3.05, 3.63) is 0 Å². The van der Waals surface area contributed by atoms with Crippen LogP contribution in [0.2, 0.25) is 0 Å². The second kappa shape index (κ2) is 5.67. The molecule has 0 fully saturated rings. The summed E-state index contributed by atoms with van der Waals surface area (Å²) in [7, 11) is 0. The van der Waals surface area contributed by atoms with Crippen molar-refractivity contribution in [3.63, 3.8) is 0 Å². The monoisotopic (exact) mass is 218 g/mol. The van der Waals surface area contributed by atoms with Crippen molar-refractivity contribution in [2.24, 2.45) is 0 Å². The summed E-state index contributed by atoms with van der Waals surface area (Å²) in [5.41, 5.74) is -1.34. The van der Waals surface area contributed by atoms with Crippen LogP contribution in [0.15, 0.2) is 0 Å². The number of aliphatic hydroxyl groups is 2. The lowest BCUT2D eigenvalue weighted by molar-refractivity contribution is -0.128. The number of carbonyl (C=O) groups is 2. The molecule has 4 N–H and O–H groups in total. The Morgan fingerprint density at radius 3 is 2.40 bits per heavy atom. The Labute approximate surface area is 88.7 Å². The summed E-state index contributed by atoms with van der Waals surface area (Å²) >= 11 is 0. The van der Waals surface area contributed by atoms with Gasteiger partial charge in [0, 0.05) is 13.5 Å². The van der Waals surface area contributed by atoms with E-state index in [-0.39, 0.29) is 12.5 Å². The lowest BCUT2D eigenvalue weighted by atomic mass is 10.1. The van der Waals surface area contributed by atoms with E-state index in [1.54, 1.807) is 0 Å². The van der Waals surface area contributed by atoms with E-state index < -0.39 is 24.2 Å². The molecule has 0 bridgehead atoms. The molecule has 0 radical (unpaired) electrons. The summed E-state index contributed by atoms with van der Waals surface area (Å²) in [6.07, 6.45) is 0. The fourth-order valence-electron chi connectivity index (χ4n) is 0.857. The lowest BCUT2D eigenvalue weighted by Crippen LogP contribution is -2.49. The number of hydrogen-bond acceptors (Lipinski definition) is 4. The van der Waals surface area contributed by atoms with E-state index in [0.717, 1.165) is 0 Å². The zero-order valence-corrected chi connectivity index (χ0v) is 9.20. The highest BCUT2D eigenvalue weighted by Gasteiger charge is 2.21. The predicted molar refractivity (Wildman–Crippen MR) is 54.0 cm³/mol. The Bertz CT molecular complexity index is 240. The second-order valence-electron chi connectivity index (χ2n) is 3.80. The third kappa shape index (κ3) is 6.03. The Hall–Kier alpha value is -1.14. The molecular weight excluding hydrogens is 200 g/mol. The molecule has 0 saturated heterocycles. The van der Waals surface area contributed by atoms with Crippen LogP contribution in [0.5, 0.6) is 0 Å². The van der Waals surface area contributed by atoms with Gasteiger partial charge in [-0.05, 0) is 13.8 Å². The molecule has 15 heavy (non-hydrogen) atoms. The molecule has 0 aliphatic carbocycles. The van der Waals surface area contributed by atoms with Gasteiger partial charge in [-0.2, -0.15) is 0 Å². The smallest absolute Gasteiger partial charge is 0.242 e. The normalized spacial score (nSPS) is 16.3. The van der Waals surface area contributed by atoms with Gasteiger partial charge in [0.1, 0.15) is 11.6 Å². The number of amides is 2. The maximum absolute atomic E-state index is 11.3. The SMILES string of the molecule is CC(=O)NC(C)C(=O)NCC(C)(O)CO. The van der Waals surface area contributed by atoms with E-state index >= 15 is 0 Å². The average molecular weight is 218 g/mol. The molecule has 2 unspecified atom stereocenters. The minimum atomic E-state index is -1.34. The molecule has 6 nitrogen and oxygen atoms in total. The molecule has 0 aliphatic heterocycles. The topological polar surface area (TPSA) is 98.7 Å². The van der Waals surface area contributed by atoms with Gasteiger partial charge in [-0.15, -0.1) is 0 Å². The third-order valence-electron chi connectivity index (χ3n) is 1.80. The van der Waals surface area contributed by atoms with E-state index in [4.69, 9.17) is 5.11 Å². The van der Waals surface area contributed by atoms with Gasteiger partial charge in [-0.25, -0.2) is 0 Å². The van der Waals surface area contributed by atoms with Crippen LogP contribution in [-0.4, -0.2) is 46.8 Å². The molecule has 0 aromatic rings. The fraction of sp³-hybridized carbons (Fsp3) is 0.778. The largest absolute Gasteiger partial charge is 0.393 e. The van der Waals surface area contributed by atoms with Crippen molar-refractivity contribution < 1.29 is 19.8 Å². The van der Waals surface area contributed by atoms with Crippen LogP contribution < -0.4 is 10.6 Å². The van der Waals surface area contributed by atoms with Crippen molar-refractivity contribution >= 4 is 11.8 Å². The summed E-state index contributed by atoms with van der Waals surface area (Å²) < 4.78 is 0. The quantitative estimate of drug-likeness (QED) is 0.445. The number of aliphatic hydroxyl groups excluding tert-OH is 1. The second-order valence-corrected chi connectivity index (χ2v) is 3.80. The maximum Gasteiger partial charge on any atom is 0.242 e. The van der Waals surface area contributed by atoms with Gasteiger partial charge in [0.05, 0.1) is 6.61 Å². The lowest BCUT2D eigenvalue weighted by Gasteiger charge is -2.22. The molecule has 0 spiro atoms. The van der Waals surface area contributed by atoms with Crippen molar-refractivity contribution in [1.29, 1.82) is 0 Å². The molecule has 0 aromatic heterocycles. The van der Waals surface area contributed by atoms with Gasteiger partial charge >= 0.3 is 0 Å². The van der Waals surface area contributed by atoms with E-state index in [1.807, 2.05) is 0 Å². The van der Waals surface area contributed by atoms with Crippen molar-refractivity contribution in [3.8, 4) is 0 Å². The summed E-state index contributed by atoms with van der Waals surface area (Å²) in [6, 6.07) is -0.656. The number of nitrogens with one attached hydrogen (secondary N) is 2. The number of rotatable bonds is 5. The summed E-state index contributed by atoms with van der Waals surface area (Å²) in [6.45, 7) is 3.74. The highest BCUT2D eigenvalue weighted by atomic mass is 16.3.